The number of aryl methyl sites for hydroxylation is 1. The SMILES string of the molecule is Cc1cc(N2CCCC2)ccc1NC(=O)c1ccc(OCC2CCCO2)cc1. The normalized spacial score (nSPS) is 19.0. The van der Waals surface area contributed by atoms with Crippen LogP contribution < -0.4 is 15.0 Å². The minimum atomic E-state index is -0.109. The van der Waals surface area contributed by atoms with Crippen molar-refractivity contribution in [3.8, 4) is 5.75 Å². The number of nitrogens with one attached hydrogen (secondary N) is 1. The first-order chi connectivity index (χ1) is 13.7. The van der Waals surface area contributed by atoms with Gasteiger partial charge in [0, 0.05) is 36.6 Å². The zero-order valence-corrected chi connectivity index (χ0v) is 16.4. The Bertz CT molecular complexity index is 807. The van der Waals surface area contributed by atoms with Crippen LogP contribution in [0.5, 0.6) is 5.75 Å². The zero-order chi connectivity index (χ0) is 19.3. The number of nitrogens with zero attached hydrogens (tertiary/aromatic N) is 1. The van der Waals surface area contributed by atoms with E-state index in [1.54, 1.807) is 12.1 Å². The molecule has 4 rings (SSSR count). The minimum Gasteiger partial charge on any atom is -0.491 e. The van der Waals surface area contributed by atoms with Gasteiger partial charge < -0.3 is 19.7 Å². The summed E-state index contributed by atoms with van der Waals surface area (Å²) < 4.78 is 11.3. The van der Waals surface area contributed by atoms with Crippen LogP contribution >= 0.6 is 0 Å². The van der Waals surface area contributed by atoms with Gasteiger partial charge in [0.25, 0.3) is 5.91 Å². The molecule has 2 aliphatic rings. The maximum Gasteiger partial charge on any atom is 0.255 e. The summed E-state index contributed by atoms with van der Waals surface area (Å²) in [6.07, 6.45) is 4.85. The van der Waals surface area contributed by atoms with Gasteiger partial charge in [-0.15, -0.1) is 0 Å². The molecule has 0 spiro atoms. The molecule has 1 unspecified atom stereocenters. The monoisotopic (exact) mass is 380 g/mol. The molecule has 2 aromatic rings. The summed E-state index contributed by atoms with van der Waals surface area (Å²) in [5.41, 5.74) is 3.79. The van der Waals surface area contributed by atoms with Gasteiger partial charge in [-0.25, -0.2) is 0 Å². The Hall–Kier alpha value is -2.53. The highest BCUT2D eigenvalue weighted by Crippen LogP contribution is 2.26. The molecule has 2 heterocycles. The van der Waals surface area contributed by atoms with Gasteiger partial charge in [-0.1, -0.05) is 0 Å². The van der Waals surface area contributed by atoms with Crippen LogP contribution in [0, 0.1) is 6.92 Å². The Morgan fingerprint density at radius 3 is 2.61 bits per heavy atom. The summed E-state index contributed by atoms with van der Waals surface area (Å²) in [5, 5.41) is 3.02. The van der Waals surface area contributed by atoms with Crippen LogP contribution in [0.2, 0.25) is 0 Å². The lowest BCUT2D eigenvalue weighted by atomic mass is 10.1. The zero-order valence-electron chi connectivity index (χ0n) is 16.4. The summed E-state index contributed by atoms with van der Waals surface area (Å²) >= 11 is 0. The molecule has 0 bridgehead atoms. The predicted octanol–water partition coefficient (Wildman–Crippen LogP) is 4.41. The van der Waals surface area contributed by atoms with Crippen molar-refractivity contribution >= 4 is 17.3 Å². The average Bonchev–Trinajstić information content (AvgIpc) is 3.42. The van der Waals surface area contributed by atoms with Crippen LogP contribution in [0.1, 0.15) is 41.6 Å². The fourth-order valence-electron chi connectivity index (χ4n) is 3.82. The van der Waals surface area contributed by atoms with Crippen LogP contribution in [0.4, 0.5) is 11.4 Å². The van der Waals surface area contributed by atoms with Crippen molar-refractivity contribution in [1.82, 2.24) is 0 Å². The van der Waals surface area contributed by atoms with E-state index in [9.17, 15) is 4.79 Å². The molecule has 148 valence electrons. The molecule has 28 heavy (non-hydrogen) atoms. The van der Waals surface area contributed by atoms with Crippen molar-refractivity contribution < 1.29 is 14.3 Å². The highest BCUT2D eigenvalue weighted by Gasteiger charge is 2.16. The summed E-state index contributed by atoms with van der Waals surface area (Å²) in [4.78, 5) is 15.0. The van der Waals surface area contributed by atoms with Gasteiger partial charge in [0.2, 0.25) is 0 Å². The Morgan fingerprint density at radius 1 is 1.14 bits per heavy atom. The van der Waals surface area contributed by atoms with Gasteiger partial charge in [0.15, 0.2) is 0 Å². The van der Waals surface area contributed by atoms with E-state index in [1.165, 1.54) is 18.5 Å². The van der Waals surface area contributed by atoms with Crippen LogP contribution in [0.25, 0.3) is 0 Å². The Labute approximate surface area is 166 Å². The number of carbonyl (C=O) groups excluding carboxylic acids is 1. The molecule has 0 aliphatic carbocycles. The molecule has 2 fully saturated rings. The standard InChI is InChI=1S/C23H28N2O3/c1-17-15-19(25-12-2-3-13-25)8-11-22(17)24-23(26)18-6-9-20(10-7-18)28-16-21-5-4-14-27-21/h6-11,15,21H,2-5,12-14,16H2,1H3,(H,24,26). The van der Waals surface area contributed by atoms with Gasteiger partial charge >= 0.3 is 0 Å². The Kier molecular flexibility index (Phi) is 5.81. The van der Waals surface area contributed by atoms with Gasteiger partial charge in [-0.3, -0.25) is 4.79 Å². The number of ether oxygens (including phenoxy) is 2. The lowest BCUT2D eigenvalue weighted by Gasteiger charge is -2.19. The summed E-state index contributed by atoms with van der Waals surface area (Å²) in [6.45, 7) is 5.66. The third-order valence-corrected chi connectivity index (χ3v) is 5.51. The number of rotatable bonds is 6. The van der Waals surface area contributed by atoms with Crippen molar-refractivity contribution in [3.05, 3.63) is 53.6 Å². The molecule has 0 aromatic heterocycles. The van der Waals surface area contributed by atoms with Crippen LogP contribution in [0.15, 0.2) is 42.5 Å². The maximum atomic E-state index is 12.6. The third kappa shape index (κ3) is 4.47. The fourth-order valence-corrected chi connectivity index (χ4v) is 3.82. The average molecular weight is 380 g/mol. The van der Waals surface area contributed by atoms with Crippen LogP contribution in [0.3, 0.4) is 0 Å². The lowest BCUT2D eigenvalue weighted by Crippen LogP contribution is -2.18. The molecule has 2 aliphatic heterocycles. The van der Waals surface area contributed by atoms with E-state index in [-0.39, 0.29) is 12.0 Å². The van der Waals surface area contributed by atoms with E-state index in [0.29, 0.717) is 12.2 Å². The van der Waals surface area contributed by atoms with E-state index < -0.39 is 0 Å². The number of amides is 1. The minimum absolute atomic E-state index is 0.109. The molecule has 2 saturated heterocycles. The van der Waals surface area contributed by atoms with Crippen molar-refractivity contribution in [2.75, 3.05) is 36.5 Å². The van der Waals surface area contributed by atoms with E-state index in [0.717, 1.165) is 49.5 Å². The fraction of sp³-hybridized carbons (Fsp3) is 0.435. The predicted molar refractivity (Wildman–Crippen MR) is 111 cm³/mol. The second kappa shape index (κ2) is 8.65. The largest absolute Gasteiger partial charge is 0.491 e. The van der Waals surface area contributed by atoms with Gasteiger partial charge in [0.1, 0.15) is 12.4 Å². The number of anilines is 2. The maximum absolute atomic E-state index is 12.6. The van der Waals surface area contributed by atoms with Crippen molar-refractivity contribution in [2.45, 2.75) is 38.7 Å². The Balaban J connectivity index is 1.35. The van der Waals surface area contributed by atoms with Gasteiger partial charge in [0.05, 0.1) is 6.10 Å². The quantitative estimate of drug-likeness (QED) is 0.807. The summed E-state index contributed by atoms with van der Waals surface area (Å²) in [7, 11) is 0. The van der Waals surface area contributed by atoms with Crippen molar-refractivity contribution in [2.24, 2.45) is 0 Å². The molecule has 5 nitrogen and oxygen atoms in total. The molecule has 5 heteroatoms. The van der Waals surface area contributed by atoms with E-state index in [4.69, 9.17) is 9.47 Å². The summed E-state index contributed by atoms with van der Waals surface area (Å²) in [6, 6.07) is 13.5. The van der Waals surface area contributed by atoms with E-state index in [2.05, 4.69) is 22.3 Å². The number of benzene rings is 2. The van der Waals surface area contributed by atoms with Crippen molar-refractivity contribution in [1.29, 1.82) is 0 Å². The molecule has 0 radical (unpaired) electrons. The van der Waals surface area contributed by atoms with Gasteiger partial charge in [-0.05, 0) is 80.6 Å². The molecule has 1 atom stereocenters. The van der Waals surface area contributed by atoms with Crippen molar-refractivity contribution in [3.63, 3.8) is 0 Å². The molecular formula is C23H28N2O3. The lowest BCUT2D eigenvalue weighted by molar-refractivity contribution is 0.0679. The van der Waals surface area contributed by atoms with Crippen LogP contribution in [-0.2, 0) is 4.74 Å². The topological polar surface area (TPSA) is 50.8 Å². The number of hydrogen-bond acceptors (Lipinski definition) is 4. The second-order valence-electron chi connectivity index (χ2n) is 7.62. The first-order valence-corrected chi connectivity index (χ1v) is 10.2. The summed E-state index contributed by atoms with van der Waals surface area (Å²) in [5.74, 6) is 0.654. The molecule has 0 saturated carbocycles. The smallest absolute Gasteiger partial charge is 0.255 e. The van der Waals surface area contributed by atoms with Crippen LogP contribution in [-0.4, -0.2) is 38.3 Å². The molecule has 2 aromatic carbocycles. The highest BCUT2D eigenvalue weighted by atomic mass is 16.5. The highest BCUT2D eigenvalue weighted by molar-refractivity contribution is 6.04. The molecular weight excluding hydrogens is 352 g/mol. The Morgan fingerprint density at radius 2 is 1.93 bits per heavy atom. The molecule has 1 N–H and O–H groups in total. The third-order valence-electron chi connectivity index (χ3n) is 5.51. The second-order valence-corrected chi connectivity index (χ2v) is 7.62. The first kappa shape index (κ1) is 18.8. The van der Waals surface area contributed by atoms with E-state index >= 15 is 0 Å². The molecule has 1 amide bonds. The van der Waals surface area contributed by atoms with Gasteiger partial charge in [-0.2, -0.15) is 0 Å². The first-order valence-electron chi connectivity index (χ1n) is 10.2. The number of carbonyl (C=O) groups is 1. The number of hydrogen-bond donors (Lipinski definition) is 1. The van der Waals surface area contributed by atoms with E-state index in [1.807, 2.05) is 25.1 Å².